The monoisotopic (exact) mass is 402 g/mol. The van der Waals surface area contributed by atoms with E-state index < -0.39 is 26.7 Å². The first-order chi connectivity index (χ1) is 13.3. The number of sulfonamides is 1. The molecule has 1 atom stereocenters. The molecule has 0 aliphatic rings. The van der Waals surface area contributed by atoms with Crippen molar-refractivity contribution < 1.29 is 18.1 Å². The van der Waals surface area contributed by atoms with Crippen LogP contribution in [0.2, 0.25) is 0 Å². The normalized spacial score (nSPS) is 12.5. The molecule has 1 N–H and O–H groups in total. The lowest BCUT2D eigenvalue weighted by Gasteiger charge is -2.15. The van der Waals surface area contributed by atoms with Gasteiger partial charge in [-0.2, -0.15) is 0 Å². The molecular weight excluding hydrogens is 384 g/mol. The van der Waals surface area contributed by atoms with Gasteiger partial charge in [0.05, 0.1) is 23.3 Å². The van der Waals surface area contributed by atoms with Crippen molar-refractivity contribution in [1.82, 2.24) is 14.3 Å². The summed E-state index contributed by atoms with van der Waals surface area (Å²) in [6.45, 7) is 1.70. The van der Waals surface area contributed by atoms with Crippen molar-refractivity contribution in [3.63, 3.8) is 0 Å². The van der Waals surface area contributed by atoms with Gasteiger partial charge in [0, 0.05) is 30.2 Å². The molecule has 0 aliphatic carbocycles. The number of benzene rings is 2. The molecule has 1 heterocycles. The van der Waals surface area contributed by atoms with E-state index in [4.69, 9.17) is 4.74 Å². The van der Waals surface area contributed by atoms with Crippen molar-refractivity contribution in [2.45, 2.75) is 17.9 Å². The summed E-state index contributed by atoms with van der Waals surface area (Å²) in [4.78, 5) is 14.2. The highest BCUT2D eigenvalue weighted by Crippen LogP contribution is 2.30. The topological polar surface area (TPSA) is 116 Å². The van der Waals surface area contributed by atoms with Gasteiger partial charge < -0.3 is 9.30 Å². The van der Waals surface area contributed by atoms with Crippen LogP contribution in [0.1, 0.15) is 18.5 Å². The molecule has 0 saturated heterocycles. The SMILES string of the molecule is COc1ccc(S(=O)(=O)N[C@H](C)c2ccc(-n3ccnc3)cc2)cc1[N+](=O)[O-]. The molecule has 2 aromatic carbocycles. The molecule has 146 valence electrons. The van der Waals surface area contributed by atoms with Gasteiger partial charge in [-0.15, -0.1) is 0 Å². The van der Waals surface area contributed by atoms with E-state index in [-0.39, 0.29) is 10.6 Å². The lowest BCUT2D eigenvalue weighted by molar-refractivity contribution is -0.386. The Hall–Kier alpha value is -3.24. The second-order valence-electron chi connectivity index (χ2n) is 6.00. The second kappa shape index (κ2) is 7.79. The Labute approximate surface area is 161 Å². The minimum absolute atomic E-state index is 0.00732. The molecule has 0 spiro atoms. The summed E-state index contributed by atoms with van der Waals surface area (Å²) >= 11 is 0. The summed E-state index contributed by atoms with van der Waals surface area (Å²) < 4.78 is 34.6. The van der Waals surface area contributed by atoms with E-state index >= 15 is 0 Å². The van der Waals surface area contributed by atoms with Gasteiger partial charge in [0.2, 0.25) is 10.0 Å². The Morgan fingerprint density at radius 3 is 2.50 bits per heavy atom. The smallest absolute Gasteiger partial charge is 0.312 e. The number of hydrogen-bond donors (Lipinski definition) is 1. The fraction of sp³-hybridized carbons (Fsp3) is 0.167. The standard InChI is InChI=1S/C18H18N4O5S/c1-13(14-3-5-15(6-4-14)21-10-9-19-12-21)20-28(25,26)16-7-8-18(27-2)17(11-16)22(23)24/h3-13,20H,1-2H3/t13-/m1/s1. The molecule has 10 heteroatoms. The minimum atomic E-state index is -3.97. The van der Waals surface area contributed by atoms with E-state index in [0.717, 1.165) is 17.3 Å². The Kier molecular flexibility index (Phi) is 5.43. The van der Waals surface area contributed by atoms with Gasteiger partial charge in [0.25, 0.3) is 0 Å². The molecule has 0 unspecified atom stereocenters. The number of nitrogens with one attached hydrogen (secondary N) is 1. The molecule has 3 rings (SSSR count). The van der Waals surface area contributed by atoms with Crippen LogP contribution in [0.5, 0.6) is 5.75 Å². The first-order valence-electron chi connectivity index (χ1n) is 8.25. The van der Waals surface area contributed by atoms with Crippen molar-refractivity contribution in [3.05, 3.63) is 76.9 Å². The first-order valence-corrected chi connectivity index (χ1v) is 9.73. The van der Waals surface area contributed by atoms with E-state index in [0.29, 0.717) is 0 Å². The number of aromatic nitrogens is 2. The molecule has 0 aliphatic heterocycles. The van der Waals surface area contributed by atoms with Crippen LogP contribution in [0.3, 0.4) is 0 Å². The summed E-state index contributed by atoms with van der Waals surface area (Å²) in [5, 5.41) is 11.1. The van der Waals surface area contributed by atoms with Crippen molar-refractivity contribution in [2.24, 2.45) is 0 Å². The van der Waals surface area contributed by atoms with Crippen LogP contribution in [-0.2, 0) is 10.0 Å². The van der Waals surface area contributed by atoms with Crippen LogP contribution in [0.15, 0.2) is 66.1 Å². The number of nitrogens with zero attached hydrogens (tertiary/aromatic N) is 3. The Morgan fingerprint density at radius 1 is 1.21 bits per heavy atom. The number of nitro groups is 1. The van der Waals surface area contributed by atoms with Crippen molar-refractivity contribution in [2.75, 3.05) is 7.11 Å². The zero-order valence-corrected chi connectivity index (χ0v) is 16.0. The third kappa shape index (κ3) is 4.02. The maximum absolute atomic E-state index is 12.7. The third-order valence-corrected chi connectivity index (χ3v) is 5.72. The quantitative estimate of drug-likeness (QED) is 0.480. The number of rotatable bonds is 7. The van der Waals surface area contributed by atoms with E-state index in [2.05, 4.69) is 9.71 Å². The molecular formula is C18H18N4O5S. The molecule has 0 saturated carbocycles. The van der Waals surface area contributed by atoms with Gasteiger partial charge in [-0.25, -0.2) is 18.1 Å². The number of nitro benzene ring substituents is 1. The second-order valence-corrected chi connectivity index (χ2v) is 7.71. The fourth-order valence-corrected chi connectivity index (χ4v) is 3.95. The summed E-state index contributed by atoms with van der Waals surface area (Å²) in [5.74, 6) is -0.00732. The minimum Gasteiger partial charge on any atom is -0.490 e. The maximum atomic E-state index is 12.7. The van der Waals surface area contributed by atoms with Crippen LogP contribution >= 0.6 is 0 Å². The van der Waals surface area contributed by atoms with Gasteiger partial charge >= 0.3 is 5.69 Å². The summed E-state index contributed by atoms with van der Waals surface area (Å²) in [6, 6.07) is 10.3. The van der Waals surface area contributed by atoms with E-state index in [1.54, 1.807) is 37.8 Å². The predicted octanol–water partition coefficient (Wildman–Crippen LogP) is 2.83. The van der Waals surface area contributed by atoms with Crippen LogP contribution in [-0.4, -0.2) is 30.0 Å². The van der Waals surface area contributed by atoms with Crippen LogP contribution in [0, 0.1) is 10.1 Å². The van der Waals surface area contributed by atoms with Gasteiger partial charge in [-0.1, -0.05) is 12.1 Å². The highest BCUT2D eigenvalue weighted by atomic mass is 32.2. The molecule has 0 amide bonds. The lowest BCUT2D eigenvalue weighted by Crippen LogP contribution is -2.27. The molecule has 3 aromatic rings. The fourth-order valence-electron chi connectivity index (χ4n) is 2.70. The summed E-state index contributed by atoms with van der Waals surface area (Å²) in [5.41, 5.74) is 1.22. The first kappa shape index (κ1) is 19.5. The average molecular weight is 402 g/mol. The number of imidazole rings is 1. The molecule has 28 heavy (non-hydrogen) atoms. The van der Waals surface area contributed by atoms with Crippen LogP contribution in [0.25, 0.3) is 5.69 Å². The molecule has 0 bridgehead atoms. The Bertz CT molecular complexity index is 1080. The Morgan fingerprint density at radius 2 is 1.93 bits per heavy atom. The highest BCUT2D eigenvalue weighted by molar-refractivity contribution is 7.89. The zero-order valence-electron chi connectivity index (χ0n) is 15.1. The summed E-state index contributed by atoms with van der Waals surface area (Å²) in [7, 11) is -2.69. The van der Waals surface area contributed by atoms with Gasteiger partial charge in [-0.3, -0.25) is 10.1 Å². The third-order valence-electron chi connectivity index (χ3n) is 4.18. The van der Waals surface area contributed by atoms with Gasteiger partial charge in [0.15, 0.2) is 5.75 Å². The number of hydrogen-bond acceptors (Lipinski definition) is 6. The summed E-state index contributed by atoms with van der Waals surface area (Å²) in [6.07, 6.45) is 5.13. The average Bonchev–Trinajstić information content (AvgIpc) is 3.22. The molecule has 0 radical (unpaired) electrons. The highest BCUT2D eigenvalue weighted by Gasteiger charge is 2.23. The van der Waals surface area contributed by atoms with E-state index in [1.807, 2.05) is 16.7 Å². The lowest BCUT2D eigenvalue weighted by atomic mass is 10.1. The van der Waals surface area contributed by atoms with Crippen LogP contribution < -0.4 is 9.46 Å². The Balaban J connectivity index is 1.82. The largest absolute Gasteiger partial charge is 0.490 e. The van der Waals surface area contributed by atoms with Gasteiger partial charge in [-0.05, 0) is 36.8 Å². The zero-order chi connectivity index (χ0) is 20.3. The van der Waals surface area contributed by atoms with Gasteiger partial charge in [0.1, 0.15) is 0 Å². The predicted molar refractivity (Wildman–Crippen MR) is 102 cm³/mol. The van der Waals surface area contributed by atoms with E-state index in [1.165, 1.54) is 19.2 Å². The van der Waals surface area contributed by atoms with E-state index in [9.17, 15) is 18.5 Å². The maximum Gasteiger partial charge on any atom is 0.312 e. The number of methoxy groups -OCH3 is 1. The van der Waals surface area contributed by atoms with Crippen molar-refractivity contribution >= 4 is 15.7 Å². The molecule has 9 nitrogen and oxygen atoms in total. The molecule has 0 fully saturated rings. The molecule has 1 aromatic heterocycles. The van der Waals surface area contributed by atoms with Crippen LogP contribution in [0.4, 0.5) is 5.69 Å². The van der Waals surface area contributed by atoms with Crippen molar-refractivity contribution in [3.8, 4) is 11.4 Å². The number of ether oxygens (including phenoxy) is 1. The van der Waals surface area contributed by atoms with Crippen molar-refractivity contribution in [1.29, 1.82) is 0 Å².